The van der Waals surface area contributed by atoms with Crippen LogP contribution in [0.1, 0.15) is 176 Å². The summed E-state index contributed by atoms with van der Waals surface area (Å²) < 4.78 is 0. The largest absolute Gasteiger partial charge is 0.390 e. The van der Waals surface area contributed by atoms with Crippen LogP contribution in [0.4, 0.5) is 0 Å². The molecule has 1 rings (SSSR count). The predicted octanol–water partition coefficient (Wildman–Crippen LogP) is 4.37. The molecule has 0 aromatic carbocycles. The number of carbonyl (C=O) groups excluding carboxylic acids is 11. The summed E-state index contributed by atoms with van der Waals surface area (Å²) in [5.41, 5.74) is 0. The summed E-state index contributed by atoms with van der Waals surface area (Å²) in [7, 11) is 10.1. The lowest BCUT2D eigenvalue weighted by Gasteiger charge is -2.41. The highest BCUT2D eigenvalue weighted by molar-refractivity contribution is 6.00. The Morgan fingerprint density at radius 2 is 0.880 bits per heavy atom. The van der Waals surface area contributed by atoms with E-state index in [4.69, 9.17) is 0 Å². The molecular weight excluding hydrogens is 1180 g/mol. The van der Waals surface area contributed by atoms with Crippen molar-refractivity contribution in [3.05, 3.63) is 12.2 Å². The van der Waals surface area contributed by atoms with E-state index in [-0.39, 0.29) is 49.9 Å². The normalized spacial score (nSPS) is 26.9. The van der Waals surface area contributed by atoms with Gasteiger partial charge in [0.15, 0.2) is 0 Å². The molecule has 1 aliphatic rings. The van der Waals surface area contributed by atoms with Crippen LogP contribution in [0.5, 0.6) is 0 Å². The van der Waals surface area contributed by atoms with Gasteiger partial charge in [-0.1, -0.05) is 129 Å². The maximum Gasteiger partial charge on any atom is 0.246 e. The van der Waals surface area contributed by atoms with Gasteiger partial charge in [-0.05, 0) is 114 Å². The summed E-state index contributed by atoms with van der Waals surface area (Å²) in [5, 5.41) is 23.5. The molecule has 14 atom stereocenters. The van der Waals surface area contributed by atoms with E-state index in [1.807, 2.05) is 75.3 Å². The van der Waals surface area contributed by atoms with Crippen LogP contribution in [0, 0.1) is 41.4 Å². The maximum absolute atomic E-state index is 15.4. The molecule has 24 nitrogen and oxygen atoms in total. The number of carbonyl (C=O) groups is 11. The first-order chi connectivity index (χ1) is 42.7. The number of likely N-dealkylation sites (N-methyl/N-ethyl adjacent to an activating group) is 7. The van der Waals surface area contributed by atoms with Gasteiger partial charge < -0.3 is 65.6 Å². The Balaban J connectivity index is 4.56. The van der Waals surface area contributed by atoms with E-state index in [0.717, 1.165) is 4.90 Å². The van der Waals surface area contributed by atoms with E-state index in [9.17, 15) is 29.1 Å². The van der Waals surface area contributed by atoms with Gasteiger partial charge in [-0.25, -0.2) is 0 Å². The van der Waals surface area contributed by atoms with E-state index in [1.165, 1.54) is 92.6 Å². The zero-order valence-electron chi connectivity index (χ0n) is 61.2. The molecule has 24 heteroatoms. The van der Waals surface area contributed by atoms with Crippen LogP contribution in [0.25, 0.3) is 0 Å². The van der Waals surface area contributed by atoms with Gasteiger partial charge in [0, 0.05) is 55.9 Å². The zero-order valence-corrected chi connectivity index (χ0v) is 61.2. The van der Waals surface area contributed by atoms with Crippen LogP contribution in [0.15, 0.2) is 12.2 Å². The molecular formula is C68H124N12O12. The highest BCUT2D eigenvalue weighted by Gasteiger charge is 2.47. The van der Waals surface area contributed by atoms with Crippen LogP contribution in [-0.4, -0.2) is 251 Å². The lowest BCUT2D eigenvalue weighted by Crippen LogP contribution is -2.64. The highest BCUT2D eigenvalue weighted by Crippen LogP contribution is 2.27. The Labute approximate surface area is 552 Å². The third-order valence-corrected chi connectivity index (χ3v) is 18.4. The average Bonchev–Trinajstić information content (AvgIpc) is 0.829. The van der Waals surface area contributed by atoms with Gasteiger partial charge in [-0.15, -0.1) is 0 Å². The second-order valence-electron chi connectivity index (χ2n) is 27.8. The summed E-state index contributed by atoms with van der Waals surface area (Å²) >= 11 is 0. The van der Waals surface area contributed by atoms with Gasteiger partial charge in [-0.3, -0.25) is 52.7 Å². The van der Waals surface area contributed by atoms with Crippen molar-refractivity contribution in [1.82, 2.24) is 60.5 Å². The molecule has 0 spiro atoms. The Bertz CT molecular complexity index is 2490. The van der Waals surface area contributed by atoms with Crippen molar-refractivity contribution in [2.24, 2.45) is 41.4 Å². The van der Waals surface area contributed by atoms with Crippen molar-refractivity contribution in [3.63, 3.8) is 0 Å². The third kappa shape index (κ3) is 22.8. The molecule has 1 heterocycles. The number of nitrogens with one attached hydrogen (secondary N) is 4. The fourth-order valence-corrected chi connectivity index (χ4v) is 12.1. The Kier molecular flexibility index (Phi) is 35.4. The molecule has 0 aliphatic carbocycles. The van der Waals surface area contributed by atoms with E-state index >= 15 is 28.8 Å². The Morgan fingerprint density at radius 3 is 1.34 bits per heavy atom. The first kappa shape index (κ1) is 83.8. The summed E-state index contributed by atoms with van der Waals surface area (Å²) in [4.78, 5) is 175. The number of aliphatic hydroxyl groups excluding tert-OH is 1. The van der Waals surface area contributed by atoms with Crippen LogP contribution in [-0.2, 0) is 52.7 Å². The van der Waals surface area contributed by atoms with E-state index in [2.05, 4.69) is 26.2 Å². The molecule has 5 N–H and O–H groups in total. The molecule has 0 aromatic heterocycles. The van der Waals surface area contributed by atoms with Crippen molar-refractivity contribution >= 4 is 65.0 Å². The van der Waals surface area contributed by atoms with Crippen LogP contribution >= 0.6 is 0 Å². The van der Waals surface area contributed by atoms with Crippen molar-refractivity contribution in [2.75, 3.05) is 69.0 Å². The van der Waals surface area contributed by atoms with Gasteiger partial charge in [-0.2, -0.15) is 0 Å². The molecule has 1 saturated heterocycles. The summed E-state index contributed by atoms with van der Waals surface area (Å²) in [6.45, 7) is 35.5. The number of hydrogen-bond donors (Lipinski definition) is 5. The summed E-state index contributed by atoms with van der Waals surface area (Å²) in [6.07, 6.45) is 3.39. The standard InChI is InChI=1S/C68H124N12O12/c1-27-32-33-45(17)57(81)56-61(85)71-48(29-3)63(87)73(20)49(34-35-80(30-4)31-5)64(88)78(25)55(44(16)28-2)60(84)72-53(42(12)13)67(91)74(21)50(36-39(6)7)59(83)69-46(18)58(82)70-47(19)62(86)75(22)51(37-40(8)9)65(89)76(23)52(38-41(10)11)66(90)77(24)54(43(14)15)68(92)79(56)26/h27,32,39-57,81H,28-31,33-38H2,1-26H3,(H,69,83)(H,70,82)(H,71,85)(H,72,84)/b32-27+/t44?,45-,46+,47-,48+,49-,50+,51+,52+,53+,54+,55+,56+,57-/m1/s1. The van der Waals surface area contributed by atoms with Gasteiger partial charge in [0.2, 0.25) is 65.0 Å². The fourth-order valence-electron chi connectivity index (χ4n) is 12.1. The van der Waals surface area contributed by atoms with E-state index < -0.39 is 161 Å². The number of allylic oxidation sites excluding steroid dienone is 2. The van der Waals surface area contributed by atoms with Gasteiger partial charge in [0.05, 0.1) is 6.10 Å². The molecule has 0 bridgehead atoms. The monoisotopic (exact) mass is 1300 g/mol. The van der Waals surface area contributed by atoms with Crippen molar-refractivity contribution in [3.8, 4) is 0 Å². The zero-order chi connectivity index (χ0) is 71.3. The second kappa shape index (κ2) is 38.9. The average molecular weight is 1300 g/mol. The third-order valence-electron chi connectivity index (χ3n) is 18.4. The molecule has 528 valence electrons. The maximum atomic E-state index is 15.4. The van der Waals surface area contributed by atoms with Gasteiger partial charge in [0.1, 0.15) is 66.5 Å². The minimum atomic E-state index is -1.63. The molecule has 0 radical (unpaired) electrons. The lowest BCUT2D eigenvalue weighted by atomic mass is 9.91. The molecule has 0 aromatic rings. The number of amides is 11. The number of aliphatic hydroxyl groups is 1. The topological polar surface area (TPSA) is 282 Å². The quantitative estimate of drug-likeness (QED) is 0.106. The number of rotatable bonds is 20. The smallest absolute Gasteiger partial charge is 0.246 e. The number of hydrogen-bond acceptors (Lipinski definition) is 13. The molecule has 1 aliphatic heterocycles. The summed E-state index contributed by atoms with van der Waals surface area (Å²) in [5.74, 6) is -10.0. The molecule has 0 saturated carbocycles. The highest BCUT2D eigenvalue weighted by atomic mass is 16.3. The van der Waals surface area contributed by atoms with E-state index in [0.29, 0.717) is 32.5 Å². The van der Waals surface area contributed by atoms with Crippen LogP contribution in [0.2, 0.25) is 0 Å². The SMILES string of the molecule is C/C=C/C[C@@H](C)[C@@H](O)[C@H]1C(=O)N[C@@H](CC)C(=O)N(C)[C@H](CCN(CC)CC)C(=O)N(C)[C@@H](C(C)CC)C(=O)N[C@@H](C(C)C)C(=O)N(C)[C@@H](CC(C)C)C(=O)N[C@@H](C)C(=O)N[C@H](C)C(=O)N(C)[C@@H](CC(C)C)C(=O)N(C)[C@@H](CC(C)C)C(=O)N(C)[C@@H](C(C)C)C(=O)N1C. The van der Waals surface area contributed by atoms with Crippen molar-refractivity contribution < 1.29 is 57.8 Å². The second-order valence-corrected chi connectivity index (χ2v) is 27.8. The molecule has 11 amide bonds. The minimum Gasteiger partial charge on any atom is -0.390 e. The van der Waals surface area contributed by atoms with Crippen molar-refractivity contribution in [1.29, 1.82) is 0 Å². The first-order valence-electron chi connectivity index (χ1n) is 33.8. The Hall–Kier alpha value is -6.17. The van der Waals surface area contributed by atoms with Gasteiger partial charge >= 0.3 is 0 Å². The first-order valence-corrected chi connectivity index (χ1v) is 33.8. The fraction of sp³-hybridized carbons (Fsp3) is 0.809. The van der Waals surface area contributed by atoms with Crippen LogP contribution in [0.3, 0.4) is 0 Å². The molecule has 92 heavy (non-hydrogen) atoms. The molecule has 1 fully saturated rings. The minimum absolute atomic E-state index is 0.0112. The van der Waals surface area contributed by atoms with Gasteiger partial charge in [0.25, 0.3) is 0 Å². The summed E-state index contributed by atoms with van der Waals surface area (Å²) in [6, 6.07) is -13.7. The molecule has 1 unspecified atom stereocenters. The van der Waals surface area contributed by atoms with E-state index in [1.54, 1.807) is 54.5 Å². The van der Waals surface area contributed by atoms with Crippen molar-refractivity contribution in [2.45, 2.75) is 249 Å². The van der Waals surface area contributed by atoms with Crippen LogP contribution < -0.4 is 21.3 Å². The lowest BCUT2D eigenvalue weighted by molar-refractivity contribution is -0.157. The Morgan fingerprint density at radius 1 is 0.457 bits per heavy atom. The number of nitrogens with zero attached hydrogens (tertiary/aromatic N) is 8. The predicted molar refractivity (Wildman–Crippen MR) is 360 cm³/mol.